The van der Waals surface area contributed by atoms with Gasteiger partial charge in [0.25, 0.3) is 0 Å². The fraction of sp³-hybridized carbons (Fsp3) is 0.538. The van der Waals surface area contributed by atoms with E-state index in [-0.39, 0.29) is 18.5 Å². The van der Waals surface area contributed by atoms with Gasteiger partial charge in [0.05, 0.1) is 31.7 Å². The third-order valence-corrected chi connectivity index (χ3v) is 2.96. The first kappa shape index (κ1) is 16.4. The Labute approximate surface area is 118 Å². The summed E-state index contributed by atoms with van der Waals surface area (Å²) in [5.74, 6) is -0.454. The van der Waals surface area contributed by atoms with Crippen LogP contribution >= 0.6 is 0 Å². The molecule has 0 fully saturated rings. The second-order valence-corrected chi connectivity index (χ2v) is 4.48. The maximum Gasteiger partial charge on any atom is 0.219 e. The molecule has 1 aliphatic rings. The molecule has 0 aromatic rings. The Hall–Kier alpha value is -1.70. The Morgan fingerprint density at radius 2 is 2.45 bits per heavy atom. The second-order valence-electron chi connectivity index (χ2n) is 4.48. The molecule has 0 spiro atoms. The Morgan fingerprint density at radius 3 is 3.00 bits per heavy atom. The van der Waals surface area contributed by atoms with Crippen LogP contribution in [-0.4, -0.2) is 56.2 Å². The number of nitrogens with two attached hydrogens (primary N) is 1. The normalized spacial score (nSPS) is 22.2. The first-order chi connectivity index (χ1) is 9.62. The van der Waals surface area contributed by atoms with Crippen molar-refractivity contribution in [3.63, 3.8) is 0 Å². The maximum absolute atomic E-state index is 11.1. The third kappa shape index (κ3) is 4.76. The fourth-order valence-electron chi connectivity index (χ4n) is 2.06. The first-order valence-corrected chi connectivity index (χ1v) is 6.29. The van der Waals surface area contributed by atoms with E-state index in [1.54, 1.807) is 13.2 Å². The molecule has 0 saturated heterocycles. The number of hydroxylamine groups is 1. The van der Waals surface area contributed by atoms with Gasteiger partial charge in [0.15, 0.2) is 0 Å². The van der Waals surface area contributed by atoms with Crippen molar-refractivity contribution in [1.29, 1.82) is 0 Å². The third-order valence-electron chi connectivity index (χ3n) is 2.96. The lowest BCUT2D eigenvalue weighted by Crippen LogP contribution is -2.51. The highest BCUT2D eigenvalue weighted by Gasteiger charge is 2.29. The summed E-state index contributed by atoms with van der Waals surface area (Å²) in [5, 5.41) is 0. The van der Waals surface area contributed by atoms with Gasteiger partial charge in [0, 0.05) is 13.7 Å². The molecule has 3 N–H and O–H groups in total. The molecule has 0 aliphatic carbocycles. The molecule has 7 heteroatoms. The van der Waals surface area contributed by atoms with E-state index in [2.05, 4.69) is 12.1 Å². The van der Waals surface area contributed by atoms with Gasteiger partial charge in [-0.2, -0.15) is 5.48 Å². The molecule has 0 aromatic heterocycles. The van der Waals surface area contributed by atoms with Gasteiger partial charge in [-0.1, -0.05) is 12.2 Å². The number of amides is 2. The van der Waals surface area contributed by atoms with Crippen LogP contribution in [0.4, 0.5) is 0 Å². The maximum atomic E-state index is 11.1. The zero-order chi connectivity index (χ0) is 15.0. The molecule has 1 aliphatic heterocycles. The summed E-state index contributed by atoms with van der Waals surface area (Å²) in [4.78, 5) is 28.9. The largest absolute Gasteiger partial charge is 0.380 e. The summed E-state index contributed by atoms with van der Waals surface area (Å²) in [6, 6.07) is -0.531. The van der Waals surface area contributed by atoms with E-state index in [9.17, 15) is 9.59 Å². The Kier molecular flexibility index (Phi) is 6.92. The number of carbonyl (C=O) groups is 2. The number of carbonyl (C=O) groups excluding carboxylic acids is 2. The molecule has 0 bridgehead atoms. The predicted molar refractivity (Wildman–Crippen MR) is 73.4 cm³/mol. The van der Waals surface area contributed by atoms with Crippen LogP contribution in [0.25, 0.3) is 0 Å². The quantitative estimate of drug-likeness (QED) is 0.254. The van der Waals surface area contributed by atoms with Crippen LogP contribution in [0.2, 0.25) is 0 Å². The summed E-state index contributed by atoms with van der Waals surface area (Å²) >= 11 is 0. The number of hydrogen-bond acceptors (Lipinski definition) is 5. The van der Waals surface area contributed by atoms with Gasteiger partial charge < -0.3 is 15.4 Å². The monoisotopic (exact) mass is 283 g/mol. The minimum Gasteiger partial charge on any atom is -0.380 e. The van der Waals surface area contributed by atoms with E-state index in [0.717, 1.165) is 5.57 Å². The molecule has 1 heterocycles. The number of ether oxygens (including phenoxy) is 1. The van der Waals surface area contributed by atoms with Gasteiger partial charge >= 0.3 is 0 Å². The van der Waals surface area contributed by atoms with Crippen LogP contribution in [0.5, 0.6) is 0 Å². The number of nitrogens with one attached hydrogen (secondary N) is 1. The minimum atomic E-state index is -0.454. The zero-order valence-corrected chi connectivity index (χ0v) is 11.6. The highest BCUT2D eigenvalue weighted by molar-refractivity contribution is 5.75. The average molecular weight is 283 g/mol. The van der Waals surface area contributed by atoms with Crippen molar-refractivity contribution in [3.05, 3.63) is 24.3 Å². The van der Waals surface area contributed by atoms with Gasteiger partial charge in [0.2, 0.25) is 12.3 Å². The topological polar surface area (TPSA) is 93.9 Å². The van der Waals surface area contributed by atoms with Crippen molar-refractivity contribution in [2.75, 3.05) is 26.9 Å². The highest BCUT2D eigenvalue weighted by Crippen LogP contribution is 2.18. The molecule has 0 aromatic carbocycles. The van der Waals surface area contributed by atoms with E-state index >= 15 is 0 Å². The van der Waals surface area contributed by atoms with Crippen molar-refractivity contribution in [1.82, 2.24) is 10.4 Å². The lowest BCUT2D eigenvalue weighted by Gasteiger charge is -2.36. The van der Waals surface area contributed by atoms with Gasteiger partial charge in [-0.3, -0.25) is 14.4 Å². The lowest BCUT2D eigenvalue weighted by molar-refractivity contribution is -0.123. The summed E-state index contributed by atoms with van der Waals surface area (Å²) in [7, 11) is 1.58. The average Bonchev–Trinajstić information content (AvgIpc) is 2.41. The summed E-state index contributed by atoms with van der Waals surface area (Å²) < 4.78 is 5.13. The fourth-order valence-corrected chi connectivity index (χ4v) is 2.06. The van der Waals surface area contributed by atoms with Crippen molar-refractivity contribution < 1.29 is 19.2 Å². The SMILES string of the molecule is C=CCONC1CN(C=O)C(CC(N)=O)C=C1COC. The van der Waals surface area contributed by atoms with E-state index in [1.807, 2.05) is 6.08 Å². The Bertz CT molecular complexity index is 384. The van der Waals surface area contributed by atoms with Crippen molar-refractivity contribution in [3.8, 4) is 0 Å². The van der Waals surface area contributed by atoms with Gasteiger partial charge in [-0.15, -0.1) is 6.58 Å². The number of methoxy groups -OCH3 is 1. The standard InChI is InChI=1S/C13H21N3O4/c1-3-4-20-15-12-7-16(9-17)11(6-13(14)18)5-10(12)8-19-2/h3,5,9,11-12,15H,1,4,6-8H2,2H3,(H2,14,18). The molecular formula is C13H21N3O4. The molecule has 0 saturated carbocycles. The molecule has 1 rings (SSSR count). The lowest BCUT2D eigenvalue weighted by atomic mass is 9.97. The van der Waals surface area contributed by atoms with Gasteiger partial charge in [0.1, 0.15) is 0 Å². The van der Waals surface area contributed by atoms with Gasteiger partial charge in [-0.25, -0.2) is 0 Å². The van der Waals surface area contributed by atoms with Crippen molar-refractivity contribution in [2.45, 2.75) is 18.5 Å². The molecule has 2 unspecified atom stereocenters. The number of primary amides is 1. The molecule has 2 amide bonds. The Morgan fingerprint density at radius 1 is 1.70 bits per heavy atom. The second kappa shape index (κ2) is 8.47. The molecule has 7 nitrogen and oxygen atoms in total. The zero-order valence-electron chi connectivity index (χ0n) is 11.6. The van der Waals surface area contributed by atoms with Crippen molar-refractivity contribution in [2.24, 2.45) is 5.73 Å². The molecule has 2 atom stereocenters. The van der Waals surface area contributed by atoms with E-state index in [4.69, 9.17) is 15.3 Å². The van der Waals surface area contributed by atoms with E-state index < -0.39 is 5.91 Å². The van der Waals surface area contributed by atoms with Crippen LogP contribution in [0.1, 0.15) is 6.42 Å². The molecule has 20 heavy (non-hydrogen) atoms. The Balaban J connectivity index is 2.81. The van der Waals surface area contributed by atoms with Crippen molar-refractivity contribution >= 4 is 12.3 Å². The summed E-state index contributed by atoms with van der Waals surface area (Å²) in [6.45, 7) is 4.67. The molecule has 112 valence electrons. The minimum absolute atomic E-state index is 0.0895. The number of hydrogen-bond donors (Lipinski definition) is 2. The van der Waals surface area contributed by atoms with Crippen LogP contribution in [-0.2, 0) is 19.2 Å². The van der Waals surface area contributed by atoms with Crippen LogP contribution in [0, 0.1) is 0 Å². The highest BCUT2D eigenvalue weighted by atomic mass is 16.6. The van der Waals surface area contributed by atoms with Crippen LogP contribution in [0.3, 0.4) is 0 Å². The smallest absolute Gasteiger partial charge is 0.219 e. The summed E-state index contributed by atoms with van der Waals surface area (Å²) in [6.07, 6.45) is 4.23. The molecular weight excluding hydrogens is 262 g/mol. The summed E-state index contributed by atoms with van der Waals surface area (Å²) in [5.41, 5.74) is 8.98. The van der Waals surface area contributed by atoms with Gasteiger partial charge in [-0.05, 0) is 5.57 Å². The van der Waals surface area contributed by atoms with E-state index in [1.165, 1.54) is 4.90 Å². The number of nitrogens with zero attached hydrogens (tertiary/aromatic N) is 1. The van der Waals surface area contributed by atoms with Crippen LogP contribution in [0.15, 0.2) is 24.3 Å². The van der Waals surface area contributed by atoms with E-state index in [0.29, 0.717) is 26.2 Å². The predicted octanol–water partition coefficient (Wildman–Crippen LogP) is -0.649. The molecule has 0 radical (unpaired) electrons. The number of rotatable bonds is 9. The van der Waals surface area contributed by atoms with Crippen LogP contribution < -0.4 is 11.2 Å². The first-order valence-electron chi connectivity index (χ1n) is 6.29.